The quantitative estimate of drug-likeness (QED) is 0.171. The second-order valence-corrected chi connectivity index (χ2v) is 15.6. The van der Waals surface area contributed by atoms with Crippen molar-refractivity contribution < 1.29 is 0 Å². The molecule has 2 aliphatic rings. The molecule has 2 atom stereocenters. The topological polar surface area (TPSA) is 18.8 Å². The lowest BCUT2D eigenvalue weighted by Crippen LogP contribution is -2.55. The van der Waals surface area contributed by atoms with Crippen LogP contribution in [0.1, 0.15) is 49.0 Å². The number of hydrazine groups is 1. The second-order valence-electron chi connectivity index (χ2n) is 14.5. The summed E-state index contributed by atoms with van der Waals surface area (Å²) in [5, 5.41) is 12.6. The van der Waals surface area contributed by atoms with Crippen molar-refractivity contribution in [3.05, 3.63) is 181 Å². The monoisotopic (exact) mass is 715 g/mol. The minimum absolute atomic E-state index is 0.0714. The van der Waals surface area contributed by atoms with Crippen molar-refractivity contribution in [2.45, 2.75) is 38.4 Å². The molecule has 10 rings (SSSR count). The molecule has 2 unspecified atom stereocenters. The fourth-order valence-corrected chi connectivity index (χ4v) is 9.91. The second kappa shape index (κ2) is 13.6. The van der Waals surface area contributed by atoms with Crippen LogP contribution in [0, 0.1) is 0 Å². The average Bonchev–Trinajstić information content (AvgIpc) is 3.62. The Morgan fingerprint density at radius 1 is 0.630 bits per heavy atom. The largest absolute Gasteiger partial charge is 0.294 e. The van der Waals surface area contributed by atoms with Crippen LogP contribution >= 0.6 is 11.3 Å². The lowest BCUT2D eigenvalue weighted by Gasteiger charge is -2.47. The van der Waals surface area contributed by atoms with Crippen LogP contribution in [0.2, 0.25) is 0 Å². The van der Waals surface area contributed by atoms with Gasteiger partial charge in [0.05, 0.1) is 17.4 Å². The molecule has 2 heterocycles. The fraction of sp³-hybridized carbons (Fsp3) is 0.140. The lowest BCUT2D eigenvalue weighted by molar-refractivity contribution is 0.204. The van der Waals surface area contributed by atoms with Crippen LogP contribution in [0.25, 0.3) is 58.4 Å². The van der Waals surface area contributed by atoms with Gasteiger partial charge in [-0.25, -0.2) is 0 Å². The Morgan fingerprint density at radius 3 is 2.15 bits per heavy atom. The number of rotatable bonds is 6. The van der Waals surface area contributed by atoms with Crippen molar-refractivity contribution in [3.63, 3.8) is 0 Å². The molecule has 0 N–H and O–H groups in total. The maximum atomic E-state index is 5.71. The third-order valence-corrected chi connectivity index (χ3v) is 12.5. The van der Waals surface area contributed by atoms with E-state index in [2.05, 4.69) is 188 Å². The molecule has 262 valence electrons. The van der Waals surface area contributed by atoms with Crippen molar-refractivity contribution in [3.8, 4) is 11.1 Å². The molecule has 0 radical (unpaired) electrons. The molecule has 1 aromatic heterocycles. The summed E-state index contributed by atoms with van der Waals surface area (Å²) in [6.45, 7) is 2.28. The van der Waals surface area contributed by atoms with Crippen LogP contribution in [0.5, 0.6) is 0 Å². The van der Waals surface area contributed by atoms with E-state index in [4.69, 9.17) is 4.99 Å². The van der Waals surface area contributed by atoms with Gasteiger partial charge in [0.1, 0.15) is 6.17 Å². The van der Waals surface area contributed by atoms with Crippen LogP contribution in [0.3, 0.4) is 0 Å². The van der Waals surface area contributed by atoms with E-state index in [9.17, 15) is 0 Å². The molecule has 0 spiro atoms. The van der Waals surface area contributed by atoms with Crippen molar-refractivity contribution >= 4 is 70.0 Å². The number of fused-ring (bicyclic) bond motifs is 6. The number of aliphatic imine (C=N–C) groups is 1. The normalized spacial score (nSPS) is 17.8. The van der Waals surface area contributed by atoms with E-state index >= 15 is 0 Å². The lowest BCUT2D eigenvalue weighted by atomic mass is 9.94. The highest BCUT2D eigenvalue weighted by atomic mass is 32.1. The highest BCUT2D eigenvalue weighted by Gasteiger charge is 2.38. The van der Waals surface area contributed by atoms with E-state index in [0.717, 1.165) is 25.0 Å². The average molecular weight is 716 g/mol. The van der Waals surface area contributed by atoms with E-state index in [0.29, 0.717) is 0 Å². The van der Waals surface area contributed by atoms with E-state index < -0.39 is 0 Å². The molecular formula is C50H41N3S. The number of anilines is 1. The van der Waals surface area contributed by atoms with Gasteiger partial charge in [-0.2, -0.15) is 5.01 Å². The summed E-state index contributed by atoms with van der Waals surface area (Å²) in [6, 6.07) is 53.8. The maximum absolute atomic E-state index is 5.71. The summed E-state index contributed by atoms with van der Waals surface area (Å²) in [6.07, 6.45) is 9.82. The summed E-state index contributed by atoms with van der Waals surface area (Å²) in [7, 11) is 2.23. The molecule has 3 nitrogen and oxygen atoms in total. The van der Waals surface area contributed by atoms with Crippen LogP contribution < -0.4 is 5.01 Å². The van der Waals surface area contributed by atoms with Gasteiger partial charge in [-0.3, -0.25) is 10.0 Å². The van der Waals surface area contributed by atoms with Gasteiger partial charge in [0, 0.05) is 38.2 Å². The highest BCUT2D eigenvalue weighted by Crippen LogP contribution is 2.46. The fourth-order valence-electron chi connectivity index (χ4n) is 8.76. The van der Waals surface area contributed by atoms with Crippen LogP contribution in [0.15, 0.2) is 169 Å². The highest BCUT2D eigenvalue weighted by molar-refractivity contribution is 7.26. The van der Waals surface area contributed by atoms with E-state index in [1.54, 1.807) is 0 Å². The summed E-state index contributed by atoms with van der Waals surface area (Å²) >= 11 is 1.89. The zero-order chi connectivity index (χ0) is 36.2. The van der Waals surface area contributed by atoms with Crippen LogP contribution in [-0.2, 0) is 0 Å². The van der Waals surface area contributed by atoms with Gasteiger partial charge >= 0.3 is 0 Å². The Balaban J connectivity index is 1.14. The van der Waals surface area contributed by atoms with Gasteiger partial charge in [-0.05, 0) is 87.5 Å². The molecule has 7 aromatic carbocycles. The SMILES string of the molecule is CCC1C(c2ccccc2)=NC(c2cc3sc4ccc(-c5ccc(C6=CCCC=C6)cc5)cc4c3c3ccccc23)N(C)N1c1cccc2ccccc12. The zero-order valence-corrected chi connectivity index (χ0v) is 31.4. The molecule has 1 aliphatic carbocycles. The van der Waals surface area contributed by atoms with Gasteiger partial charge in [0.15, 0.2) is 0 Å². The van der Waals surface area contributed by atoms with Crippen molar-refractivity contribution in [2.24, 2.45) is 4.99 Å². The molecule has 54 heavy (non-hydrogen) atoms. The maximum Gasteiger partial charge on any atom is 0.145 e. The molecule has 1 aliphatic heterocycles. The molecule has 0 fully saturated rings. The Labute approximate surface area is 320 Å². The predicted molar refractivity (Wildman–Crippen MR) is 233 cm³/mol. The molecule has 8 aromatic rings. The Hall–Kier alpha value is -5.81. The van der Waals surface area contributed by atoms with Gasteiger partial charge in [-0.15, -0.1) is 11.3 Å². The first-order chi connectivity index (χ1) is 26.7. The third-order valence-electron chi connectivity index (χ3n) is 11.4. The van der Waals surface area contributed by atoms with Crippen molar-refractivity contribution in [1.82, 2.24) is 5.01 Å². The minimum atomic E-state index is -0.232. The van der Waals surface area contributed by atoms with Crippen molar-refractivity contribution in [1.29, 1.82) is 0 Å². The molecule has 0 amide bonds. The van der Waals surface area contributed by atoms with E-state index in [1.807, 2.05) is 11.3 Å². The smallest absolute Gasteiger partial charge is 0.145 e. The summed E-state index contributed by atoms with van der Waals surface area (Å²) in [5.74, 6) is 0. The summed E-state index contributed by atoms with van der Waals surface area (Å²) in [5.41, 5.74) is 9.82. The first kappa shape index (κ1) is 32.8. The molecule has 0 saturated heterocycles. The van der Waals surface area contributed by atoms with Crippen molar-refractivity contribution in [2.75, 3.05) is 12.1 Å². The minimum Gasteiger partial charge on any atom is -0.294 e. The third kappa shape index (κ3) is 5.48. The standard InChI is InChI=1S/C50H41N3S/c1-3-44-49(37-18-8-5-9-19-37)51-50(52(2)53(44)45-24-14-20-36-17-10-11-21-39(36)45)42-32-47-48(41-23-13-12-22-40(41)42)43-31-38(29-30-46(43)54-47)35-27-25-34(26-28-35)33-15-6-4-7-16-33/h5-6,8-32,44,50H,3-4,7H2,1-2H3. The first-order valence-corrected chi connectivity index (χ1v) is 20.0. The molecular weight excluding hydrogens is 675 g/mol. The number of nitrogens with zero attached hydrogens (tertiary/aromatic N) is 3. The Morgan fingerprint density at radius 2 is 1.35 bits per heavy atom. The van der Waals surface area contributed by atoms with Gasteiger partial charge in [0.25, 0.3) is 0 Å². The number of hydrogen-bond donors (Lipinski definition) is 0. The summed E-state index contributed by atoms with van der Waals surface area (Å²) in [4.78, 5) is 5.71. The molecule has 0 bridgehead atoms. The van der Waals surface area contributed by atoms with E-state index in [-0.39, 0.29) is 12.2 Å². The first-order valence-electron chi connectivity index (χ1n) is 19.1. The number of allylic oxidation sites excluding steroid dienone is 4. The zero-order valence-electron chi connectivity index (χ0n) is 30.6. The number of benzene rings is 7. The predicted octanol–water partition coefficient (Wildman–Crippen LogP) is 13.4. The molecule has 4 heteroatoms. The molecule has 0 saturated carbocycles. The summed E-state index contributed by atoms with van der Waals surface area (Å²) < 4.78 is 2.60. The number of thiophene rings is 1. The Bertz CT molecular complexity index is 2790. The van der Waals surface area contributed by atoms with E-state index in [1.165, 1.54) is 80.8 Å². The van der Waals surface area contributed by atoms with Gasteiger partial charge in [0.2, 0.25) is 0 Å². The number of hydrogen-bond acceptors (Lipinski definition) is 4. The van der Waals surface area contributed by atoms with Gasteiger partial charge < -0.3 is 0 Å². The van der Waals surface area contributed by atoms with Crippen LogP contribution in [0.4, 0.5) is 5.69 Å². The Kier molecular flexibility index (Phi) is 8.23. The van der Waals surface area contributed by atoms with Gasteiger partial charge in [-0.1, -0.05) is 146 Å². The van der Waals surface area contributed by atoms with Crippen LogP contribution in [-0.4, -0.2) is 23.8 Å².